The Bertz CT molecular complexity index is 1290. The van der Waals surface area contributed by atoms with Crippen molar-refractivity contribution in [3.8, 4) is 11.3 Å². The molecule has 0 aliphatic rings. The Balaban J connectivity index is 1.50. The molecule has 0 atom stereocenters. The number of amides is 2. The second-order valence-electron chi connectivity index (χ2n) is 7.94. The number of nitrogens with two attached hydrogens (primary N) is 1. The van der Waals surface area contributed by atoms with Crippen LogP contribution in [0.25, 0.3) is 11.3 Å². The van der Waals surface area contributed by atoms with Gasteiger partial charge in [0.05, 0.1) is 31.5 Å². The van der Waals surface area contributed by atoms with Crippen molar-refractivity contribution in [1.82, 2.24) is 14.7 Å². The van der Waals surface area contributed by atoms with Gasteiger partial charge in [-0.2, -0.15) is 0 Å². The van der Waals surface area contributed by atoms with Crippen LogP contribution in [0.5, 0.6) is 0 Å². The number of carbonyl (C=O) groups excluding carboxylic acids is 2. The van der Waals surface area contributed by atoms with Gasteiger partial charge >= 0.3 is 0 Å². The van der Waals surface area contributed by atoms with Crippen LogP contribution in [-0.4, -0.2) is 35.0 Å². The Labute approximate surface area is 220 Å². The van der Waals surface area contributed by atoms with Crippen LogP contribution >= 0.6 is 11.9 Å². The fraction of sp³-hybridized carbons (Fsp3) is 0.143. The zero-order valence-electron chi connectivity index (χ0n) is 20.6. The van der Waals surface area contributed by atoms with E-state index in [1.807, 2.05) is 31.2 Å². The molecule has 0 radical (unpaired) electrons. The first kappa shape index (κ1) is 27.4. The number of nitrogens with zero attached hydrogens (tertiary/aromatic N) is 2. The third-order valence-electron chi connectivity index (χ3n) is 5.09. The van der Waals surface area contributed by atoms with Gasteiger partial charge in [0, 0.05) is 16.1 Å². The van der Waals surface area contributed by atoms with Gasteiger partial charge in [0.25, 0.3) is 5.91 Å². The summed E-state index contributed by atoms with van der Waals surface area (Å²) in [7, 11) is 0. The van der Waals surface area contributed by atoms with Gasteiger partial charge in [0.2, 0.25) is 5.91 Å². The van der Waals surface area contributed by atoms with Crippen molar-refractivity contribution < 1.29 is 14.3 Å². The van der Waals surface area contributed by atoms with E-state index < -0.39 is 5.91 Å². The molecule has 2 amide bonds. The van der Waals surface area contributed by atoms with Crippen LogP contribution in [0.15, 0.2) is 96.6 Å². The van der Waals surface area contributed by atoms with E-state index in [2.05, 4.69) is 33.2 Å². The number of hydrogen-bond donors (Lipinski definition) is 3. The molecule has 8 nitrogen and oxygen atoms in total. The number of aromatic nitrogens is 2. The van der Waals surface area contributed by atoms with E-state index in [9.17, 15) is 9.59 Å². The van der Waals surface area contributed by atoms with Crippen molar-refractivity contribution >= 4 is 35.3 Å². The first-order valence-electron chi connectivity index (χ1n) is 11.5. The molecule has 0 fully saturated rings. The van der Waals surface area contributed by atoms with E-state index in [0.29, 0.717) is 18.0 Å². The summed E-state index contributed by atoms with van der Waals surface area (Å²) >= 11 is 1.18. The largest absolute Gasteiger partial charge is 0.382 e. The number of carbonyl (C=O) groups is 2. The van der Waals surface area contributed by atoms with Crippen LogP contribution in [-0.2, 0) is 9.53 Å². The maximum absolute atomic E-state index is 12.8. The van der Waals surface area contributed by atoms with Gasteiger partial charge in [-0.15, -0.1) is 0 Å². The minimum atomic E-state index is -0.463. The van der Waals surface area contributed by atoms with Gasteiger partial charge in [-0.05, 0) is 48.7 Å². The minimum absolute atomic E-state index is 0.0460. The molecular formula is C28H29N5O3S. The Hall–Kier alpha value is -4.21. The number of aryl methyl sites for hydroxylation is 1. The average molecular weight is 516 g/mol. The van der Waals surface area contributed by atoms with Gasteiger partial charge in [-0.1, -0.05) is 61.2 Å². The van der Waals surface area contributed by atoms with Gasteiger partial charge in [0.15, 0.2) is 11.5 Å². The summed E-state index contributed by atoms with van der Waals surface area (Å²) in [4.78, 5) is 34.2. The van der Waals surface area contributed by atoms with Gasteiger partial charge in [0.1, 0.15) is 0 Å². The lowest BCUT2D eigenvalue weighted by Crippen LogP contribution is -2.18. The lowest BCUT2D eigenvalue weighted by atomic mass is 10.1. The highest BCUT2D eigenvalue weighted by Gasteiger charge is 2.15. The van der Waals surface area contributed by atoms with E-state index in [4.69, 9.17) is 10.5 Å². The van der Waals surface area contributed by atoms with Crippen molar-refractivity contribution in [3.63, 3.8) is 0 Å². The monoisotopic (exact) mass is 515 g/mol. The third kappa shape index (κ3) is 8.45. The van der Waals surface area contributed by atoms with Crippen molar-refractivity contribution in [2.45, 2.75) is 18.2 Å². The molecule has 2 aromatic carbocycles. The average Bonchev–Trinajstić information content (AvgIpc) is 2.90. The SMILES string of the molecule is C=C/C=C(\C=C)COCCC(=O)NSc1ccc(NC(=O)c2nc(-c3ccc(C)cc3)cnc2N)cc1. The molecule has 1 heterocycles. The summed E-state index contributed by atoms with van der Waals surface area (Å²) < 4.78 is 8.25. The number of ether oxygens (including phenoxy) is 1. The van der Waals surface area contributed by atoms with Crippen molar-refractivity contribution in [2.24, 2.45) is 0 Å². The lowest BCUT2D eigenvalue weighted by molar-refractivity contribution is -0.120. The molecule has 0 spiro atoms. The molecule has 0 saturated heterocycles. The summed E-state index contributed by atoms with van der Waals surface area (Å²) in [6.45, 7) is 9.99. The van der Waals surface area contributed by atoms with E-state index in [0.717, 1.165) is 21.6 Å². The van der Waals surface area contributed by atoms with Gasteiger partial charge in [-0.3, -0.25) is 14.3 Å². The molecular weight excluding hydrogens is 486 g/mol. The Kier molecular flexibility index (Phi) is 10.2. The smallest absolute Gasteiger partial charge is 0.278 e. The fourth-order valence-electron chi connectivity index (χ4n) is 3.07. The highest BCUT2D eigenvalue weighted by Crippen LogP contribution is 2.21. The highest BCUT2D eigenvalue weighted by atomic mass is 32.2. The fourth-order valence-corrected chi connectivity index (χ4v) is 3.68. The zero-order chi connectivity index (χ0) is 26.6. The standard InChI is InChI=1S/C28H29N5O3S/c1-4-6-20(5-2)18-36-16-15-25(34)33-37-23-13-11-22(12-14-23)31-28(35)26-27(29)30-17-24(32-26)21-9-7-19(3)8-10-21/h4-14,17H,1-2,15-16,18H2,3H3,(H2,29,30)(H,31,35)(H,33,34)/b20-6+. The minimum Gasteiger partial charge on any atom is -0.382 e. The maximum atomic E-state index is 12.8. The molecule has 0 aliphatic heterocycles. The lowest BCUT2D eigenvalue weighted by Gasteiger charge is -2.09. The zero-order valence-corrected chi connectivity index (χ0v) is 21.4. The van der Waals surface area contributed by atoms with E-state index in [1.54, 1.807) is 48.7 Å². The number of nitrogen functional groups attached to an aromatic ring is 1. The highest BCUT2D eigenvalue weighted by molar-refractivity contribution is 7.98. The number of anilines is 2. The van der Waals surface area contributed by atoms with Crippen LogP contribution in [0.4, 0.5) is 11.5 Å². The van der Waals surface area contributed by atoms with Crippen LogP contribution in [0.2, 0.25) is 0 Å². The normalized spacial score (nSPS) is 11.0. The van der Waals surface area contributed by atoms with Gasteiger partial charge in [-0.25, -0.2) is 9.97 Å². The van der Waals surface area contributed by atoms with E-state index in [1.165, 1.54) is 11.9 Å². The number of allylic oxidation sites excluding steroid dienone is 2. The Morgan fingerprint density at radius 2 is 1.84 bits per heavy atom. The first-order chi connectivity index (χ1) is 17.9. The molecule has 0 aliphatic carbocycles. The molecule has 9 heteroatoms. The van der Waals surface area contributed by atoms with Crippen molar-refractivity contribution in [2.75, 3.05) is 24.3 Å². The summed E-state index contributed by atoms with van der Waals surface area (Å²) in [5.41, 5.74) is 9.94. The first-order valence-corrected chi connectivity index (χ1v) is 12.3. The summed E-state index contributed by atoms with van der Waals surface area (Å²) in [5.74, 6) is -0.572. The Morgan fingerprint density at radius 3 is 2.51 bits per heavy atom. The molecule has 1 aromatic heterocycles. The number of nitrogens with one attached hydrogen (secondary N) is 2. The van der Waals surface area contributed by atoms with Crippen LogP contribution in [0, 0.1) is 6.92 Å². The second-order valence-corrected chi connectivity index (χ2v) is 8.82. The van der Waals surface area contributed by atoms with Crippen LogP contribution in [0.1, 0.15) is 22.5 Å². The summed E-state index contributed by atoms with van der Waals surface area (Å²) in [5, 5.41) is 2.78. The quantitative estimate of drug-likeness (QED) is 0.174. The van der Waals surface area contributed by atoms with E-state index in [-0.39, 0.29) is 30.4 Å². The number of rotatable bonds is 12. The number of benzene rings is 2. The Morgan fingerprint density at radius 1 is 1.11 bits per heavy atom. The molecule has 4 N–H and O–H groups in total. The van der Waals surface area contributed by atoms with E-state index >= 15 is 0 Å². The summed E-state index contributed by atoms with van der Waals surface area (Å²) in [6.07, 6.45) is 6.92. The van der Waals surface area contributed by atoms with Crippen LogP contribution in [0.3, 0.4) is 0 Å². The molecule has 0 bridgehead atoms. The van der Waals surface area contributed by atoms with Crippen molar-refractivity contribution in [1.29, 1.82) is 0 Å². The molecule has 3 aromatic rings. The second kappa shape index (κ2) is 13.8. The van der Waals surface area contributed by atoms with Gasteiger partial charge < -0.3 is 15.8 Å². The molecule has 190 valence electrons. The third-order valence-corrected chi connectivity index (χ3v) is 5.93. The summed E-state index contributed by atoms with van der Waals surface area (Å²) in [6, 6.07) is 14.8. The predicted molar refractivity (Wildman–Crippen MR) is 149 cm³/mol. The maximum Gasteiger partial charge on any atom is 0.278 e. The van der Waals surface area contributed by atoms with Crippen LogP contribution < -0.4 is 15.8 Å². The molecule has 37 heavy (non-hydrogen) atoms. The van der Waals surface area contributed by atoms with Crippen molar-refractivity contribution in [3.05, 3.63) is 103 Å². The predicted octanol–water partition coefficient (Wildman–Crippen LogP) is 5.11. The number of hydrogen-bond acceptors (Lipinski definition) is 7. The molecule has 0 unspecified atom stereocenters. The molecule has 0 saturated carbocycles. The topological polar surface area (TPSA) is 119 Å². The molecule has 3 rings (SSSR count).